The summed E-state index contributed by atoms with van der Waals surface area (Å²) in [6, 6.07) is 0. The molecular weight excluding hydrogens is 288 g/mol. The van der Waals surface area contributed by atoms with Gasteiger partial charge in [-0.25, -0.2) is 0 Å². The quantitative estimate of drug-likeness (QED) is 0.355. The molecule has 0 saturated heterocycles. The molecule has 0 atom stereocenters. The number of hydrogen-bond donors (Lipinski definition) is 0. The molecule has 0 bridgehead atoms. The fourth-order valence-corrected chi connectivity index (χ4v) is 0.740. The van der Waals surface area contributed by atoms with E-state index in [-0.39, 0.29) is 0 Å². The maximum atomic E-state index is 3.63. The van der Waals surface area contributed by atoms with Crippen LogP contribution in [0.2, 0.25) is 0 Å². The summed E-state index contributed by atoms with van der Waals surface area (Å²) in [5.74, 6) is 8.03. The molecule has 0 fully saturated rings. The van der Waals surface area contributed by atoms with Crippen molar-refractivity contribution < 1.29 is 0 Å². The molecule has 0 amide bonds. The molecule has 0 N–H and O–H groups in total. The molecule has 0 aromatic rings. The van der Waals surface area contributed by atoms with E-state index in [2.05, 4.69) is 94.6 Å². The zero-order valence-corrected chi connectivity index (χ0v) is 19.3. The van der Waals surface area contributed by atoms with Gasteiger partial charge in [0.15, 0.2) is 0 Å². The molecule has 0 heterocycles. The van der Waals surface area contributed by atoms with Crippen LogP contribution in [-0.2, 0) is 0 Å². The number of hydrogen-bond acceptors (Lipinski definition) is 0. The molecule has 0 nitrogen and oxygen atoms in total. The molecule has 0 aliphatic rings. The van der Waals surface area contributed by atoms with Crippen LogP contribution in [0.15, 0.2) is 12.7 Å². The Bertz CT molecular complexity index is 275. The van der Waals surface area contributed by atoms with Gasteiger partial charge in [0.2, 0.25) is 0 Å². The van der Waals surface area contributed by atoms with E-state index < -0.39 is 0 Å². The van der Waals surface area contributed by atoms with Gasteiger partial charge in [0.1, 0.15) is 0 Å². The monoisotopic (exact) mass is 338 g/mol. The minimum atomic E-state index is 0.537. The fraction of sp³-hybridized carbons (Fsp3) is 0.833. The topological polar surface area (TPSA) is 0 Å². The predicted octanol–water partition coefficient (Wildman–Crippen LogP) is 8.77. The Balaban J connectivity index is -0.000000112. The maximum absolute atomic E-state index is 3.63. The van der Waals surface area contributed by atoms with Crippen molar-refractivity contribution in [1.82, 2.24) is 0 Å². The Morgan fingerprint density at radius 2 is 1.29 bits per heavy atom. The first-order valence-electron chi connectivity index (χ1n) is 9.90. The van der Waals surface area contributed by atoms with Crippen LogP contribution in [0.25, 0.3) is 0 Å². The molecule has 0 radical (unpaired) electrons. The normalized spacial score (nSPS) is 9.62. The van der Waals surface area contributed by atoms with Crippen LogP contribution in [0, 0.1) is 35.0 Å². The molecule has 0 heteroatoms. The van der Waals surface area contributed by atoms with Crippen molar-refractivity contribution in [2.75, 3.05) is 0 Å². The Morgan fingerprint density at radius 3 is 1.33 bits per heavy atom. The van der Waals surface area contributed by atoms with Gasteiger partial charge in [-0.1, -0.05) is 95.1 Å². The van der Waals surface area contributed by atoms with Gasteiger partial charge in [0.25, 0.3) is 0 Å². The second-order valence-corrected chi connectivity index (χ2v) is 8.53. The van der Waals surface area contributed by atoms with Crippen LogP contribution in [0.3, 0.4) is 0 Å². The molecule has 0 aliphatic heterocycles. The molecule has 0 aromatic heterocycles. The lowest BCUT2D eigenvalue weighted by molar-refractivity contribution is 0.398. The van der Waals surface area contributed by atoms with Crippen LogP contribution in [-0.4, -0.2) is 0 Å². The molecule has 146 valence electrons. The molecule has 0 unspecified atom stereocenters. The van der Waals surface area contributed by atoms with Crippen molar-refractivity contribution in [2.24, 2.45) is 23.2 Å². The first-order valence-corrected chi connectivity index (χ1v) is 9.90. The first-order chi connectivity index (χ1) is 10.9. The van der Waals surface area contributed by atoms with Crippen molar-refractivity contribution >= 4 is 0 Å². The summed E-state index contributed by atoms with van der Waals surface area (Å²) in [5.41, 5.74) is 0.542. The zero-order valence-electron chi connectivity index (χ0n) is 19.3. The zero-order chi connectivity index (χ0) is 20.2. The summed E-state index contributed by atoms with van der Waals surface area (Å²) in [7, 11) is 0. The van der Waals surface area contributed by atoms with Crippen molar-refractivity contribution in [1.29, 1.82) is 0 Å². The van der Waals surface area contributed by atoms with Crippen LogP contribution in [0.1, 0.15) is 109 Å². The lowest BCUT2D eigenvalue weighted by atomic mass is 9.94. The van der Waals surface area contributed by atoms with E-state index >= 15 is 0 Å². The highest BCUT2D eigenvalue weighted by Crippen LogP contribution is 2.16. The third-order valence-corrected chi connectivity index (χ3v) is 3.26. The first kappa shape index (κ1) is 31.1. The van der Waals surface area contributed by atoms with Gasteiger partial charge in [0.05, 0.1) is 0 Å². The van der Waals surface area contributed by atoms with Crippen molar-refractivity contribution in [3.63, 3.8) is 0 Å². The highest BCUT2D eigenvalue weighted by molar-refractivity contribution is 4.97. The van der Waals surface area contributed by atoms with Crippen LogP contribution in [0.4, 0.5) is 0 Å². The average Bonchev–Trinajstić information content (AvgIpc) is 2.46. The average molecular weight is 339 g/mol. The molecular formula is C24H50. The molecule has 24 heavy (non-hydrogen) atoms. The highest BCUT2D eigenvalue weighted by atomic mass is 14.1. The SMILES string of the molecule is C=CCCC(C)C.CC#CC(C)C.CCC(C)(C)C.CCC(C)C. The Hall–Kier alpha value is -0.700. The van der Waals surface area contributed by atoms with Crippen LogP contribution >= 0.6 is 0 Å². The van der Waals surface area contributed by atoms with Crippen molar-refractivity contribution in [3.8, 4) is 11.8 Å². The smallest absolute Gasteiger partial charge is 0.0146 e. The number of rotatable bonds is 4. The van der Waals surface area contributed by atoms with Gasteiger partial charge < -0.3 is 0 Å². The van der Waals surface area contributed by atoms with Crippen LogP contribution in [0.5, 0.6) is 0 Å². The third-order valence-electron chi connectivity index (χ3n) is 3.26. The maximum Gasteiger partial charge on any atom is 0.0146 e. The van der Waals surface area contributed by atoms with Crippen molar-refractivity contribution in [2.45, 2.75) is 109 Å². The summed E-state index contributed by atoms with van der Waals surface area (Å²) >= 11 is 0. The highest BCUT2D eigenvalue weighted by Gasteiger charge is 2.03. The van der Waals surface area contributed by atoms with E-state index in [1.807, 2.05) is 13.0 Å². The van der Waals surface area contributed by atoms with E-state index in [1.54, 1.807) is 0 Å². The van der Waals surface area contributed by atoms with E-state index in [0.29, 0.717) is 11.3 Å². The molecule has 0 saturated carbocycles. The summed E-state index contributed by atoms with van der Waals surface area (Å²) < 4.78 is 0. The minimum Gasteiger partial charge on any atom is -0.106 e. The van der Waals surface area contributed by atoms with Gasteiger partial charge in [-0.3, -0.25) is 0 Å². The molecule has 0 spiro atoms. The van der Waals surface area contributed by atoms with Crippen molar-refractivity contribution in [3.05, 3.63) is 12.7 Å². The summed E-state index contributed by atoms with van der Waals surface area (Å²) in [6.45, 7) is 29.7. The second kappa shape index (κ2) is 22.3. The minimum absolute atomic E-state index is 0.537. The fourth-order valence-electron chi connectivity index (χ4n) is 0.740. The summed E-state index contributed by atoms with van der Waals surface area (Å²) in [5, 5.41) is 0. The van der Waals surface area contributed by atoms with Gasteiger partial charge in [-0.2, -0.15) is 0 Å². The standard InChI is InChI=1S/C7H14.C6H14.C6H10.C5H12/c1-4-5-6-7(2)3;1-5-6(2,3)4;1-4-5-6(2)3;1-4-5(2)3/h4,7H,1,5-6H2,2-3H3;5H2,1-4H3;6H,1-3H3;5H,4H2,1-3H3. The van der Waals surface area contributed by atoms with E-state index in [0.717, 1.165) is 18.3 Å². The predicted molar refractivity (Wildman–Crippen MR) is 117 cm³/mol. The largest absolute Gasteiger partial charge is 0.106 e. The molecule has 0 aliphatic carbocycles. The van der Waals surface area contributed by atoms with E-state index in [4.69, 9.17) is 0 Å². The summed E-state index contributed by atoms with van der Waals surface area (Å²) in [4.78, 5) is 0. The third kappa shape index (κ3) is 68.7. The summed E-state index contributed by atoms with van der Waals surface area (Å²) in [6.07, 6.45) is 6.99. The van der Waals surface area contributed by atoms with Gasteiger partial charge in [-0.05, 0) is 37.0 Å². The second-order valence-electron chi connectivity index (χ2n) is 8.53. The number of allylic oxidation sites excluding steroid dienone is 1. The Morgan fingerprint density at radius 1 is 0.917 bits per heavy atom. The Kier molecular flexibility index (Phi) is 28.9. The van der Waals surface area contributed by atoms with Gasteiger partial charge >= 0.3 is 0 Å². The van der Waals surface area contributed by atoms with Gasteiger partial charge in [0, 0.05) is 5.92 Å². The van der Waals surface area contributed by atoms with E-state index in [1.165, 1.54) is 19.3 Å². The van der Waals surface area contributed by atoms with E-state index in [9.17, 15) is 0 Å². The Labute approximate surface area is 156 Å². The lowest BCUT2D eigenvalue weighted by Crippen LogP contribution is -2.00. The van der Waals surface area contributed by atoms with Gasteiger partial charge in [-0.15, -0.1) is 18.4 Å². The lowest BCUT2D eigenvalue weighted by Gasteiger charge is -2.12. The van der Waals surface area contributed by atoms with Crippen LogP contribution < -0.4 is 0 Å². The molecule has 0 rings (SSSR count). The molecule has 0 aromatic carbocycles.